The van der Waals surface area contributed by atoms with E-state index in [1.54, 1.807) is 6.07 Å². The van der Waals surface area contributed by atoms with Crippen molar-refractivity contribution in [3.8, 4) is 23.2 Å². The molecule has 6 rings (SSSR count). The van der Waals surface area contributed by atoms with E-state index in [0.29, 0.717) is 29.0 Å². The first kappa shape index (κ1) is 27.9. The van der Waals surface area contributed by atoms with E-state index in [1.807, 2.05) is 30.5 Å². The predicted molar refractivity (Wildman–Crippen MR) is 158 cm³/mol. The van der Waals surface area contributed by atoms with Gasteiger partial charge in [0.2, 0.25) is 5.88 Å². The molecule has 0 bridgehead atoms. The average Bonchev–Trinajstić information content (AvgIpc) is 3.27. The number of fused-ring (bicyclic) bond motifs is 4. The number of rotatable bonds is 6. The van der Waals surface area contributed by atoms with E-state index in [2.05, 4.69) is 86.6 Å². The molecular weight excluding hydrogens is 677 g/mol. The number of aromatic hydroxyl groups is 1. The van der Waals surface area contributed by atoms with Gasteiger partial charge < -0.3 is 14.4 Å². The first-order valence-corrected chi connectivity index (χ1v) is 13.6. The second-order valence-electron chi connectivity index (χ2n) is 10.7. The Morgan fingerprint density at radius 3 is 2.35 bits per heavy atom. The number of nitrogens with zero attached hydrogens (tertiary/aromatic N) is 3. The zero-order valence-electron chi connectivity index (χ0n) is 23.3. The van der Waals surface area contributed by atoms with Crippen molar-refractivity contribution in [3.63, 3.8) is 0 Å². The van der Waals surface area contributed by atoms with Crippen molar-refractivity contribution in [1.29, 1.82) is 0 Å². The molecule has 0 amide bonds. The summed E-state index contributed by atoms with van der Waals surface area (Å²) in [5, 5.41) is 13.8. The summed E-state index contributed by atoms with van der Waals surface area (Å²) in [6, 6.07) is 25.7. The maximum absolute atomic E-state index is 10.5. The van der Waals surface area contributed by atoms with Gasteiger partial charge in [-0.05, 0) is 64.6 Å². The summed E-state index contributed by atoms with van der Waals surface area (Å²) in [6.45, 7) is 10.8. The molecule has 0 aliphatic heterocycles. The molecule has 0 atom stereocenters. The van der Waals surface area contributed by atoms with E-state index >= 15 is 0 Å². The third-order valence-electron chi connectivity index (χ3n) is 7.46. The summed E-state index contributed by atoms with van der Waals surface area (Å²) >= 11 is 0. The molecule has 3 heterocycles. The van der Waals surface area contributed by atoms with E-state index in [9.17, 15) is 5.11 Å². The molecule has 0 fully saturated rings. The van der Waals surface area contributed by atoms with Crippen LogP contribution in [0.1, 0.15) is 63.1 Å². The number of pyridine rings is 2. The molecule has 0 spiro atoms. The van der Waals surface area contributed by atoms with Crippen LogP contribution in [0.4, 0.5) is 0 Å². The minimum atomic E-state index is 0. The van der Waals surface area contributed by atoms with Gasteiger partial charge in [-0.25, -0.2) is 9.97 Å². The number of ether oxygens (including phenoxy) is 1. The Labute approximate surface area is 249 Å². The third-order valence-corrected chi connectivity index (χ3v) is 7.46. The number of phenolic OH excluding ortho intramolecular Hbond substituents is 1. The van der Waals surface area contributed by atoms with Crippen molar-refractivity contribution in [2.45, 2.75) is 52.9 Å². The van der Waals surface area contributed by atoms with Gasteiger partial charge >= 0.3 is 0 Å². The Hall–Kier alpha value is -3.69. The Morgan fingerprint density at radius 1 is 0.875 bits per heavy atom. The van der Waals surface area contributed by atoms with Crippen LogP contribution in [0.2, 0.25) is 0 Å². The zero-order chi connectivity index (χ0) is 27.3. The van der Waals surface area contributed by atoms with Gasteiger partial charge in [0.05, 0.1) is 0 Å². The smallest absolute Gasteiger partial charge is 0.217 e. The van der Waals surface area contributed by atoms with Gasteiger partial charge in [0, 0.05) is 50.0 Å². The molecule has 3 aromatic carbocycles. The second kappa shape index (κ2) is 11.1. The van der Waals surface area contributed by atoms with Crippen molar-refractivity contribution in [1.82, 2.24) is 14.5 Å². The summed E-state index contributed by atoms with van der Waals surface area (Å²) in [4.78, 5) is 9.47. The topological polar surface area (TPSA) is 60.2 Å². The molecule has 0 aliphatic carbocycles. The number of aryl methyl sites for hydroxylation is 1. The maximum atomic E-state index is 10.5. The van der Waals surface area contributed by atoms with Gasteiger partial charge in [0.15, 0.2) is 0 Å². The molecule has 0 unspecified atom stereocenters. The predicted octanol–water partition coefficient (Wildman–Crippen LogP) is 8.83. The molecule has 0 radical (unpaired) electrons. The van der Waals surface area contributed by atoms with E-state index in [0.717, 1.165) is 39.6 Å². The van der Waals surface area contributed by atoms with Crippen LogP contribution in [0.3, 0.4) is 0 Å². The number of phenols is 1. The van der Waals surface area contributed by atoms with Crippen LogP contribution >= 0.6 is 0 Å². The summed E-state index contributed by atoms with van der Waals surface area (Å²) in [5.41, 5.74) is 6.16. The van der Waals surface area contributed by atoms with Crippen LogP contribution < -0.4 is 4.74 Å². The minimum Gasteiger partial charge on any atom is -0.506 e. The maximum Gasteiger partial charge on any atom is 0.217 e. The number of aromatic nitrogens is 3. The minimum absolute atomic E-state index is 0. The molecule has 0 saturated heterocycles. The standard InChI is InChI=1S/C34H32N3O2.Pt/c1-6-22-10-16-31(35-19-22)37-28-9-7-8-25(21(4)5)33(28)27-12-11-23(18-29(27)37)39-32-17-14-26-24(20(2)3)13-15-30(38)34(26)36-32;/h7-17,19-21,38H,6H2,1-5H3;/q-1;. The first-order valence-electron chi connectivity index (χ1n) is 13.6. The molecule has 1 N–H and O–H groups in total. The summed E-state index contributed by atoms with van der Waals surface area (Å²) in [5.74, 6) is 2.62. The van der Waals surface area contributed by atoms with Gasteiger partial charge in [-0.2, -0.15) is 6.07 Å². The molecule has 0 saturated carbocycles. The van der Waals surface area contributed by atoms with Crippen molar-refractivity contribution in [2.75, 3.05) is 0 Å². The van der Waals surface area contributed by atoms with Gasteiger partial charge in [-0.3, -0.25) is 0 Å². The van der Waals surface area contributed by atoms with Crippen LogP contribution in [0, 0.1) is 6.07 Å². The molecule has 6 heteroatoms. The Bertz CT molecular complexity index is 1840. The average molecular weight is 710 g/mol. The summed E-state index contributed by atoms with van der Waals surface area (Å²) in [7, 11) is 0. The third kappa shape index (κ3) is 4.77. The molecule has 40 heavy (non-hydrogen) atoms. The molecular formula is C34H32N3O2Pt-. The van der Waals surface area contributed by atoms with E-state index in [1.165, 1.54) is 16.5 Å². The summed E-state index contributed by atoms with van der Waals surface area (Å²) in [6.07, 6.45) is 2.88. The Balaban J connectivity index is 0.00000323. The molecule has 3 aromatic heterocycles. The zero-order valence-corrected chi connectivity index (χ0v) is 25.6. The van der Waals surface area contributed by atoms with E-state index < -0.39 is 0 Å². The molecule has 206 valence electrons. The number of benzene rings is 3. The quantitative estimate of drug-likeness (QED) is 0.176. The first-order chi connectivity index (χ1) is 18.9. The summed E-state index contributed by atoms with van der Waals surface area (Å²) < 4.78 is 8.40. The molecule has 6 aromatic rings. The van der Waals surface area contributed by atoms with Crippen LogP contribution in [-0.2, 0) is 27.5 Å². The van der Waals surface area contributed by atoms with Crippen molar-refractivity contribution < 1.29 is 30.9 Å². The molecule has 0 aliphatic rings. The fourth-order valence-corrected chi connectivity index (χ4v) is 5.42. The normalized spacial score (nSPS) is 11.6. The van der Waals surface area contributed by atoms with Crippen LogP contribution in [0.5, 0.6) is 17.4 Å². The fraction of sp³-hybridized carbons (Fsp3) is 0.235. The second-order valence-corrected chi connectivity index (χ2v) is 10.7. The fourth-order valence-electron chi connectivity index (χ4n) is 5.42. The van der Waals surface area contributed by atoms with Crippen molar-refractivity contribution >= 4 is 32.7 Å². The largest absolute Gasteiger partial charge is 0.506 e. The van der Waals surface area contributed by atoms with Crippen LogP contribution in [-0.4, -0.2) is 19.6 Å². The van der Waals surface area contributed by atoms with Crippen LogP contribution in [0.15, 0.2) is 72.9 Å². The number of hydrogen-bond donors (Lipinski definition) is 1. The van der Waals surface area contributed by atoms with Gasteiger partial charge in [0.25, 0.3) is 0 Å². The molecule has 5 nitrogen and oxygen atoms in total. The van der Waals surface area contributed by atoms with Gasteiger partial charge in [0.1, 0.15) is 17.1 Å². The monoisotopic (exact) mass is 709 g/mol. The van der Waals surface area contributed by atoms with Crippen molar-refractivity contribution in [3.05, 3.63) is 95.7 Å². The van der Waals surface area contributed by atoms with Gasteiger partial charge in [-0.15, -0.1) is 17.5 Å². The Kier molecular flexibility index (Phi) is 7.70. The van der Waals surface area contributed by atoms with Crippen LogP contribution in [0.25, 0.3) is 38.5 Å². The SMILES string of the molecule is CCc1ccc(-n2c3[c-]c(Oc4ccc5c(C(C)C)ccc(O)c5n4)ccc3c3c(C(C)C)cccc32)nc1.[Pt]. The Morgan fingerprint density at radius 2 is 1.65 bits per heavy atom. The van der Waals surface area contributed by atoms with Gasteiger partial charge in [-0.1, -0.05) is 64.4 Å². The van der Waals surface area contributed by atoms with E-state index in [4.69, 9.17) is 9.72 Å². The number of hydrogen-bond acceptors (Lipinski definition) is 4. The van der Waals surface area contributed by atoms with Crippen molar-refractivity contribution in [2.24, 2.45) is 0 Å². The van der Waals surface area contributed by atoms with E-state index in [-0.39, 0.29) is 26.8 Å².